The first-order valence-corrected chi connectivity index (χ1v) is 10.3. The second kappa shape index (κ2) is 6.97. The number of carbonyl (C=O) groups is 3. The van der Waals surface area contributed by atoms with E-state index in [-0.39, 0.29) is 24.1 Å². The van der Waals surface area contributed by atoms with Crippen LogP contribution >= 0.6 is 0 Å². The molecule has 3 N–H and O–H groups in total. The van der Waals surface area contributed by atoms with Crippen LogP contribution in [0.3, 0.4) is 0 Å². The Bertz CT molecular complexity index is 823. The van der Waals surface area contributed by atoms with Crippen molar-refractivity contribution in [2.75, 3.05) is 13.1 Å². The van der Waals surface area contributed by atoms with Crippen LogP contribution in [0.15, 0.2) is 18.2 Å². The van der Waals surface area contributed by atoms with Gasteiger partial charge in [-0.3, -0.25) is 19.7 Å². The van der Waals surface area contributed by atoms with Crippen LogP contribution in [-0.2, 0) is 22.7 Å². The van der Waals surface area contributed by atoms with Crippen LogP contribution in [0.4, 0.5) is 0 Å². The van der Waals surface area contributed by atoms with Gasteiger partial charge in [0.1, 0.15) is 6.04 Å². The van der Waals surface area contributed by atoms with Crippen molar-refractivity contribution < 1.29 is 14.4 Å². The maximum atomic E-state index is 12.9. The van der Waals surface area contributed by atoms with Crippen LogP contribution in [-0.4, -0.2) is 47.8 Å². The molecule has 3 atom stereocenters. The molecule has 1 aliphatic carbocycles. The van der Waals surface area contributed by atoms with Gasteiger partial charge in [0.25, 0.3) is 5.91 Å². The lowest BCUT2D eigenvalue weighted by Gasteiger charge is -2.31. The first kappa shape index (κ1) is 17.8. The molecule has 2 saturated heterocycles. The van der Waals surface area contributed by atoms with Gasteiger partial charge in [-0.05, 0) is 61.4 Å². The zero-order valence-electron chi connectivity index (χ0n) is 15.9. The number of rotatable bonds is 4. The third kappa shape index (κ3) is 3.02. The predicted molar refractivity (Wildman–Crippen MR) is 102 cm³/mol. The molecule has 7 heteroatoms. The summed E-state index contributed by atoms with van der Waals surface area (Å²) in [6.07, 6.45) is 3.26. The van der Waals surface area contributed by atoms with E-state index in [1.165, 1.54) is 12.8 Å². The highest BCUT2D eigenvalue weighted by atomic mass is 16.2. The Morgan fingerprint density at radius 2 is 1.86 bits per heavy atom. The van der Waals surface area contributed by atoms with Gasteiger partial charge in [0, 0.05) is 31.1 Å². The Balaban J connectivity index is 1.27. The molecule has 0 spiro atoms. The summed E-state index contributed by atoms with van der Waals surface area (Å²) in [6, 6.07) is 6.07. The van der Waals surface area contributed by atoms with Crippen LogP contribution in [0.25, 0.3) is 0 Å². The summed E-state index contributed by atoms with van der Waals surface area (Å²) in [5, 5.41) is 9.59. The average Bonchev–Trinajstić information content (AvgIpc) is 3.11. The van der Waals surface area contributed by atoms with Gasteiger partial charge in [-0.2, -0.15) is 0 Å². The molecule has 7 nitrogen and oxygen atoms in total. The summed E-state index contributed by atoms with van der Waals surface area (Å²) in [4.78, 5) is 38.1. The van der Waals surface area contributed by atoms with E-state index in [4.69, 9.17) is 0 Å². The van der Waals surface area contributed by atoms with E-state index in [0.29, 0.717) is 36.4 Å². The molecule has 5 rings (SSSR count). The van der Waals surface area contributed by atoms with Crippen molar-refractivity contribution in [2.45, 2.75) is 50.9 Å². The largest absolute Gasteiger partial charge is 0.322 e. The number of hydrogen-bond donors (Lipinski definition) is 3. The summed E-state index contributed by atoms with van der Waals surface area (Å²) in [5.41, 5.74) is 2.76. The number of carbonyl (C=O) groups excluding carboxylic acids is 3. The lowest BCUT2D eigenvalue weighted by atomic mass is 9.93. The smallest absolute Gasteiger partial charge is 0.255 e. The quantitative estimate of drug-likeness (QED) is 0.661. The van der Waals surface area contributed by atoms with Gasteiger partial charge in [-0.25, -0.2) is 0 Å². The van der Waals surface area contributed by atoms with Gasteiger partial charge in [0.15, 0.2) is 0 Å². The Morgan fingerprint density at radius 1 is 1.07 bits per heavy atom. The van der Waals surface area contributed by atoms with Crippen LogP contribution in [0.5, 0.6) is 0 Å². The molecule has 4 aliphatic rings. The minimum Gasteiger partial charge on any atom is -0.322 e. The van der Waals surface area contributed by atoms with Crippen molar-refractivity contribution in [2.24, 2.45) is 11.8 Å². The second-order valence-corrected chi connectivity index (χ2v) is 8.55. The summed E-state index contributed by atoms with van der Waals surface area (Å²) in [5.74, 6) is 0.690. The molecule has 3 unspecified atom stereocenters. The van der Waals surface area contributed by atoms with Gasteiger partial charge in [0.2, 0.25) is 11.8 Å². The van der Waals surface area contributed by atoms with E-state index in [1.54, 1.807) is 4.90 Å². The fourth-order valence-corrected chi connectivity index (χ4v) is 5.37. The van der Waals surface area contributed by atoms with Crippen molar-refractivity contribution in [1.82, 2.24) is 20.9 Å². The van der Waals surface area contributed by atoms with E-state index in [1.807, 2.05) is 12.1 Å². The normalized spacial score (nSPS) is 31.9. The molecule has 148 valence electrons. The van der Waals surface area contributed by atoms with Gasteiger partial charge < -0.3 is 15.5 Å². The summed E-state index contributed by atoms with van der Waals surface area (Å²) < 4.78 is 0. The summed E-state index contributed by atoms with van der Waals surface area (Å²) in [6.45, 7) is 3.39. The van der Waals surface area contributed by atoms with Crippen LogP contribution in [0.1, 0.15) is 47.2 Å². The summed E-state index contributed by atoms with van der Waals surface area (Å²) >= 11 is 0. The Kier molecular flexibility index (Phi) is 4.44. The second-order valence-electron chi connectivity index (χ2n) is 8.55. The molecule has 1 saturated carbocycles. The third-order valence-corrected chi connectivity index (χ3v) is 6.87. The Labute approximate surface area is 164 Å². The number of benzene rings is 1. The van der Waals surface area contributed by atoms with Gasteiger partial charge in [-0.15, -0.1) is 0 Å². The van der Waals surface area contributed by atoms with Gasteiger partial charge in [-0.1, -0.05) is 12.1 Å². The van der Waals surface area contributed by atoms with Gasteiger partial charge in [0.05, 0.1) is 0 Å². The van der Waals surface area contributed by atoms with E-state index in [0.717, 1.165) is 30.8 Å². The fraction of sp³-hybridized carbons (Fsp3) is 0.571. The highest BCUT2D eigenvalue weighted by molar-refractivity contribution is 6.05. The van der Waals surface area contributed by atoms with Crippen LogP contribution in [0, 0.1) is 11.8 Å². The molecule has 1 aromatic rings. The number of fused-ring (bicyclic) bond motifs is 3. The van der Waals surface area contributed by atoms with E-state index in [2.05, 4.69) is 22.0 Å². The molecule has 0 radical (unpaired) electrons. The highest BCUT2D eigenvalue weighted by Crippen LogP contribution is 2.34. The van der Waals surface area contributed by atoms with Gasteiger partial charge >= 0.3 is 0 Å². The predicted octanol–water partition coefficient (Wildman–Crippen LogP) is 0.535. The first-order valence-electron chi connectivity index (χ1n) is 10.3. The molecule has 3 heterocycles. The minimum absolute atomic E-state index is 0.103. The highest BCUT2D eigenvalue weighted by Gasteiger charge is 2.40. The number of piperidine rings is 2. The van der Waals surface area contributed by atoms with Crippen molar-refractivity contribution in [3.8, 4) is 0 Å². The average molecular weight is 382 g/mol. The van der Waals surface area contributed by atoms with Crippen molar-refractivity contribution in [3.63, 3.8) is 0 Å². The molecule has 0 aromatic heterocycles. The number of imide groups is 1. The Hall–Kier alpha value is -2.25. The van der Waals surface area contributed by atoms with Crippen LogP contribution in [0.2, 0.25) is 0 Å². The molecule has 1 aromatic carbocycles. The molecular weight excluding hydrogens is 356 g/mol. The zero-order valence-corrected chi connectivity index (χ0v) is 15.9. The molecular formula is C21H26N4O3. The number of nitrogens with zero attached hydrogens (tertiary/aromatic N) is 1. The van der Waals surface area contributed by atoms with Crippen molar-refractivity contribution >= 4 is 17.7 Å². The number of hydrogen-bond acceptors (Lipinski definition) is 5. The number of amides is 3. The molecule has 2 bridgehead atoms. The molecule has 3 fully saturated rings. The first-order chi connectivity index (χ1) is 13.6. The van der Waals surface area contributed by atoms with Crippen molar-refractivity contribution in [1.29, 1.82) is 0 Å². The SMILES string of the molecule is O=C1CCC(N2Cc3ccc(CNC4C5CCC4CNC5)cc3C2=O)C(=O)N1. The fourth-order valence-electron chi connectivity index (χ4n) is 5.37. The lowest BCUT2D eigenvalue weighted by Crippen LogP contribution is -2.52. The monoisotopic (exact) mass is 382 g/mol. The maximum absolute atomic E-state index is 12.9. The Morgan fingerprint density at radius 3 is 2.61 bits per heavy atom. The van der Waals surface area contributed by atoms with Crippen LogP contribution < -0.4 is 16.0 Å². The summed E-state index contributed by atoms with van der Waals surface area (Å²) in [7, 11) is 0. The zero-order chi connectivity index (χ0) is 19.3. The lowest BCUT2D eigenvalue weighted by molar-refractivity contribution is -0.136. The van der Waals surface area contributed by atoms with E-state index >= 15 is 0 Å². The topological polar surface area (TPSA) is 90.5 Å². The third-order valence-electron chi connectivity index (χ3n) is 6.87. The molecule has 3 aliphatic heterocycles. The van der Waals surface area contributed by atoms with E-state index in [9.17, 15) is 14.4 Å². The molecule has 3 amide bonds. The molecule has 28 heavy (non-hydrogen) atoms. The standard InChI is InChI=1S/C21H26N4O3/c26-18-6-5-17(20(27)24-18)25-11-15-2-1-12(7-16(15)21(25)28)8-23-19-13-3-4-14(19)10-22-9-13/h1-2,7,13-14,17,19,22-23H,3-6,8-11H2,(H,24,26,27). The van der Waals surface area contributed by atoms with E-state index < -0.39 is 6.04 Å². The van der Waals surface area contributed by atoms with Crippen molar-refractivity contribution in [3.05, 3.63) is 34.9 Å². The maximum Gasteiger partial charge on any atom is 0.255 e. The minimum atomic E-state index is -0.551. The number of nitrogens with one attached hydrogen (secondary N) is 3.